The highest BCUT2D eigenvalue weighted by Crippen LogP contribution is 2.23. The van der Waals surface area contributed by atoms with Gasteiger partial charge in [0.2, 0.25) is 0 Å². The predicted octanol–water partition coefficient (Wildman–Crippen LogP) is 2.60. The minimum atomic E-state index is -0.288. The number of carbonyl (C=O) groups excluding carboxylic acids is 1. The lowest BCUT2D eigenvalue weighted by Crippen LogP contribution is -2.17. The van der Waals surface area contributed by atoms with E-state index in [-0.39, 0.29) is 5.91 Å². The highest BCUT2D eigenvalue weighted by molar-refractivity contribution is 7.16. The van der Waals surface area contributed by atoms with Crippen LogP contribution in [0.15, 0.2) is 35.5 Å². The maximum absolute atomic E-state index is 12.4. The van der Waals surface area contributed by atoms with Crippen LogP contribution in [-0.2, 0) is 13.6 Å². The quantitative estimate of drug-likeness (QED) is 0.739. The lowest BCUT2D eigenvalue weighted by molar-refractivity contribution is 0.0989. The van der Waals surface area contributed by atoms with Gasteiger partial charge in [-0.2, -0.15) is 10.1 Å². The summed E-state index contributed by atoms with van der Waals surface area (Å²) in [5, 5.41) is 4.01. The van der Waals surface area contributed by atoms with Crippen LogP contribution in [0, 0.1) is 0 Å². The van der Waals surface area contributed by atoms with Crippen molar-refractivity contribution in [2.45, 2.75) is 20.4 Å². The standard InChI is InChI=1S/C16H18N4O2S/c1-4-20-12-7-6-11(22-5-2)10-14(12)23-16(20)18-15(21)13-8-9-17-19(13)3/h6-10H,4-5H2,1-3H3. The number of aromatic nitrogens is 3. The molecule has 0 bridgehead atoms. The molecule has 0 fully saturated rings. The van der Waals surface area contributed by atoms with Gasteiger partial charge in [0.05, 0.1) is 16.8 Å². The average Bonchev–Trinajstić information content (AvgIpc) is 3.10. The van der Waals surface area contributed by atoms with Crippen LogP contribution in [0.3, 0.4) is 0 Å². The van der Waals surface area contributed by atoms with Crippen LogP contribution in [0.25, 0.3) is 10.2 Å². The topological polar surface area (TPSA) is 61.4 Å². The first-order valence-corrected chi connectivity index (χ1v) is 8.29. The molecular formula is C16H18N4O2S. The molecule has 0 saturated carbocycles. The van der Waals surface area contributed by atoms with Gasteiger partial charge in [0.25, 0.3) is 5.91 Å². The van der Waals surface area contributed by atoms with Crippen LogP contribution in [0.5, 0.6) is 5.75 Å². The number of aryl methyl sites for hydroxylation is 2. The maximum Gasteiger partial charge on any atom is 0.297 e. The van der Waals surface area contributed by atoms with Gasteiger partial charge in [0.1, 0.15) is 11.4 Å². The molecular weight excluding hydrogens is 312 g/mol. The van der Waals surface area contributed by atoms with E-state index in [0.29, 0.717) is 17.1 Å². The first-order valence-electron chi connectivity index (χ1n) is 7.47. The van der Waals surface area contributed by atoms with E-state index in [9.17, 15) is 4.79 Å². The van der Waals surface area contributed by atoms with Crippen LogP contribution >= 0.6 is 11.3 Å². The molecule has 0 aliphatic heterocycles. The number of carbonyl (C=O) groups is 1. The largest absolute Gasteiger partial charge is 0.494 e. The van der Waals surface area contributed by atoms with Crippen molar-refractivity contribution >= 4 is 27.5 Å². The lowest BCUT2D eigenvalue weighted by atomic mass is 10.3. The molecule has 0 saturated heterocycles. The number of fused-ring (bicyclic) bond motifs is 1. The maximum atomic E-state index is 12.4. The molecule has 6 nitrogen and oxygen atoms in total. The Bertz CT molecular complexity index is 920. The first-order chi connectivity index (χ1) is 11.1. The Labute approximate surface area is 137 Å². The summed E-state index contributed by atoms with van der Waals surface area (Å²) in [7, 11) is 1.73. The predicted molar refractivity (Wildman–Crippen MR) is 89.8 cm³/mol. The molecule has 0 aliphatic rings. The fourth-order valence-corrected chi connectivity index (χ4v) is 3.55. The molecule has 1 aromatic carbocycles. The molecule has 0 N–H and O–H groups in total. The minimum Gasteiger partial charge on any atom is -0.494 e. The number of thiazole rings is 1. The zero-order chi connectivity index (χ0) is 16.4. The van der Waals surface area contributed by atoms with Crippen LogP contribution < -0.4 is 9.54 Å². The minimum absolute atomic E-state index is 0.288. The lowest BCUT2D eigenvalue weighted by Gasteiger charge is -2.03. The van der Waals surface area contributed by atoms with Crippen LogP contribution in [0.4, 0.5) is 0 Å². The number of benzene rings is 1. The summed E-state index contributed by atoms with van der Waals surface area (Å²) in [4.78, 5) is 17.3. The Morgan fingerprint density at radius 2 is 2.17 bits per heavy atom. The number of hydrogen-bond acceptors (Lipinski definition) is 4. The molecule has 1 amide bonds. The Morgan fingerprint density at radius 1 is 1.35 bits per heavy atom. The van der Waals surface area contributed by atoms with Gasteiger partial charge in [-0.25, -0.2) is 0 Å². The van der Waals surface area contributed by atoms with E-state index >= 15 is 0 Å². The summed E-state index contributed by atoms with van der Waals surface area (Å²) < 4.78 is 10.2. The molecule has 23 heavy (non-hydrogen) atoms. The molecule has 0 aliphatic carbocycles. The normalized spacial score (nSPS) is 12.0. The van der Waals surface area contributed by atoms with Gasteiger partial charge in [-0.1, -0.05) is 11.3 Å². The molecule has 7 heteroatoms. The second-order valence-electron chi connectivity index (χ2n) is 4.95. The van der Waals surface area contributed by atoms with Crippen LogP contribution in [0.2, 0.25) is 0 Å². The van der Waals surface area contributed by atoms with Crippen molar-refractivity contribution in [3.8, 4) is 5.75 Å². The van der Waals surface area contributed by atoms with Crippen LogP contribution in [0.1, 0.15) is 24.3 Å². The number of nitrogens with zero attached hydrogens (tertiary/aromatic N) is 4. The molecule has 3 aromatic rings. The van der Waals surface area contributed by atoms with Gasteiger partial charge in [0, 0.05) is 19.8 Å². The number of hydrogen-bond donors (Lipinski definition) is 0. The summed E-state index contributed by atoms with van der Waals surface area (Å²) in [5.74, 6) is 0.540. The van der Waals surface area contributed by atoms with E-state index in [1.54, 1.807) is 19.3 Å². The third-order valence-electron chi connectivity index (χ3n) is 3.52. The van der Waals surface area contributed by atoms with Gasteiger partial charge in [0.15, 0.2) is 4.80 Å². The van der Waals surface area contributed by atoms with Gasteiger partial charge in [-0.3, -0.25) is 9.48 Å². The van der Waals surface area contributed by atoms with Gasteiger partial charge in [-0.15, -0.1) is 0 Å². The molecule has 0 radical (unpaired) electrons. The number of rotatable bonds is 4. The molecule has 3 rings (SSSR count). The van der Waals surface area contributed by atoms with Crippen molar-refractivity contribution < 1.29 is 9.53 Å². The summed E-state index contributed by atoms with van der Waals surface area (Å²) in [6.07, 6.45) is 1.59. The first kappa shape index (κ1) is 15.5. The molecule has 0 spiro atoms. The van der Waals surface area contributed by atoms with Crippen molar-refractivity contribution in [3.05, 3.63) is 41.0 Å². The molecule has 120 valence electrons. The smallest absolute Gasteiger partial charge is 0.297 e. The molecule has 0 atom stereocenters. The zero-order valence-electron chi connectivity index (χ0n) is 13.3. The van der Waals surface area contributed by atoms with E-state index < -0.39 is 0 Å². The second kappa shape index (κ2) is 6.37. The van der Waals surface area contributed by atoms with Crippen molar-refractivity contribution in [1.29, 1.82) is 0 Å². The zero-order valence-corrected chi connectivity index (χ0v) is 14.1. The van der Waals surface area contributed by atoms with Crippen molar-refractivity contribution in [3.63, 3.8) is 0 Å². The highest BCUT2D eigenvalue weighted by atomic mass is 32.1. The Kier molecular flexibility index (Phi) is 4.29. The third-order valence-corrected chi connectivity index (χ3v) is 4.56. The van der Waals surface area contributed by atoms with E-state index in [4.69, 9.17) is 4.74 Å². The summed E-state index contributed by atoms with van der Waals surface area (Å²) in [6, 6.07) is 7.61. The van der Waals surface area contributed by atoms with E-state index in [1.165, 1.54) is 16.0 Å². The van der Waals surface area contributed by atoms with Crippen molar-refractivity contribution in [2.75, 3.05) is 6.61 Å². The fourth-order valence-electron chi connectivity index (χ4n) is 2.43. The Balaban J connectivity index is 2.11. The third kappa shape index (κ3) is 2.92. The number of amides is 1. The summed E-state index contributed by atoms with van der Waals surface area (Å²) in [5.41, 5.74) is 1.53. The summed E-state index contributed by atoms with van der Waals surface area (Å²) in [6.45, 7) is 5.36. The van der Waals surface area contributed by atoms with Gasteiger partial charge in [-0.05, 0) is 38.1 Å². The van der Waals surface area contributed by atoms with Crippen LogP contribution in [-0.4, -0.2) is 26.9 Å². The second-order valence-corrected chi connectivity index (χ2v) is 5.96. The van der Waals surface area contributed by atoms with Gasteiger partial charge >= 0.3 is 0 Å². The van der Waals surface area contributed by atoms with E-state index in [1.807, 2.05) is 36.6 Å². The highest BCUT2D eigenvalue weighted by Gasteiger charge is 2.11. The van der Waals surface area contributed by atoms with Gasteiger partial charge < -0.3 is 9.30 Å². The molecule has 2 heterocycles. The molecule has 0 unspecified atom stereocenters. The fraction of sp³-hybridized carbons (Fsp3) is 0.312. The average molecular weight is 330 g/mol. The molecule has 2 aromatic heterocycles. The monoisotopic (exact) mass is 330 g/mol. The van der Waals surface area contributed by atoms with Crippen molar-refractivity contribution in [2.24, 2.45) is 12.0 Å². The Hall–Kier alpha value is -2.41. The Morgan fingerprint density at radius 3 is 2.83 bits per heavy atom. The summed E-state index contributed by atoms with van der Waals surface area (Å²) >= 11 is 1.49. The SMILES string of the molecule is CCOc1ccc2c(c1)sc(=NC(=O)c1ccnn1C)n2CC. The van der Waals surface area contributed by atoms with E-state index in [0.717, 1.165) is 22.5 Å². The number of ether oxygens (including phenoxy) is 1. The van der Waals surface area contributed by atoms with Crippen molar-refractivity contribution in [1.82, 2.24) is 14.3 Å². The van der Waals surface area contributed by atoms with E-state index in [2.05, 4.69) is 10.1 Å².